The minimum Gasteiger partial charge on any atom is -0.378 e. The highest BCUT2D eigenvalue weighted by Crippen LogP contribution is 2.37. The van der Waals surface area contributed by atoms with Crippen LogP contribution >= 0.6 is 34.5 Å². The quantitative estimate of drug-likeness (QED) is 0.635. The third kappa shape index (κ3) is 3.73. The van der Waals surface area contributed by atoms with Crippen molar-refractivity contribution in [2.24, 2.45) is 0 Å². The fourth-order valence-electron chi connectivity index (χ4n) is 3.08. The summed E-state index contributed by atoms with van der Waals surface area (Å²) < 4.78 is 6.14. The maximum atomic E-state index is 12.9. The molecule has 0 radical (unpaired) electrons. The molecule has 5 nitrogen and oxygen atoms in total. The monoisotopic (exact) mass is 434 g/mol. The Bertz CT molecular complexity index is 1060. The molecule has 2 amide bonds. The maximum absolute atomic E-state index is 12.9. The van der Waals surface area contributed by atoms with Crippen LogP contribution in [0.5, 0.6) is 0 Å². The molecule has 1 N–H and O–H groups in total. The fraction of sp³-hybridized carbons (Fsp3) is 0.200. The van der Waals surface area contributed by atoms with E-state index >= 15 is 0 Å². The number of anilines is 1. The lowest BCUT2D eigenvalue weighted by Gasteiger charge is -2.27. The number of hydrogen-bond acceptors (Lipinski definition) is 4. The highest BCUT2D eigenvalue weighted by Gasteiger charge is 2.23. The Morgan fingerprint density at radius 2 is 1.82 bits per heavy atom. The lowest BCUT2D eigenvalue weighted by Crippen LogP contribution is -2.41. The highest BCUT2D eigenvalue weighted by atomic mass is 35.5. The summed E-state index contributed by atoms with van der Waals surface area (Å²) in [5.74, 6) is -0.488. The number of fused-ring (bicyclic) bond motifs is 1. The number of thiophene rings is 1. The van der Waals surface area contributed by atoms with Gasteiger partial charge in [-0.05, 0) is 24.3 Å². The molecular weight excluding hydrogens is 419 g/mol. The Hall–Kier alpha value is -2.12. The summed E-state index contributed by atoms with van der Waals surface area (Å²) >= 11 is 13.7. The Morgan fingerprint density at radius 1 is 1.07 bits per heavy atom. The van der Waals surface area contributed by atoms with Gasteiger partial charge in [-0.3, -0.25) is 9.59 Å². The molecule has 3 aromatic rings. The number of carbonyl (C=O) groups excluding carboxylic acids is 2. The van der Waals surface area contributed by atoms with Gasteiger partial charge in [0.1, 0.15) is 4.88 Å². The molecule has 1 saturated heterocycles. The van der Waals surface area contributed by atoms with Crippen LogP contribution in [0, 0.1) is 0 Å². The van der Waals surface area contributed by atoms with Crippen LogP contribution in [-0.4, -0.2) is 43.0 Å². The first-order valence-corrected chi connectivity index (χ1v) is 10.3. The number of amides is 2. The second kappa shape index (κ2) is 8.09. The molecule has 2 aromatic carbocycles. The predicted octanol–water partition coefficient (Wildman–Crippen LogP) is 4.93. The number of carbonyl (C=O) groups is 2. The molecule has 1 fully saturated rings. The largest absolute Gasteiger partial charge is 0.378 e. The number of rotatable bonds is 3. The number of para-hydroxylation sites is 1. The molecule has 0 saturated carbocycles. The van der Waals surface area contributed by atoms with E-state index < -0.39 is 0 Å². The normalized spacial score (nSPS) is 14.3. The summed E-state index contributed by atoms with van der Waals surface area (Å²) in [6.07, 6.45) is 0. The van der Waals surface area contributed by atoms with E-state index in [9.17, 15) is 9.59 Å². The van der Waals surface area contributed by atoms with Crippen molar-refractivity contribution >= 4 is 62.1 Å². The van der Waals surface area contributed by atoms with Crippen molar-refractivity contribution in [2.45, 2.75) is 0 Å². The third-order valence-electron chi connectivity index (χ3n) is 4.50. The van der Waals surface area contributed by atoms with Gasteiger partial charge in [0, 0.05) is 28.2 Å². The van der Waals surface area contributed by atoms with Crippen LogP contribution in [0.4, 0.5) is 5.69 Å². The van der Waals surface area contributed by atoms with E-state index in [1.165, 1.54) is 11.3 Å². The number of halogens is 2. The summed E-state index contributed by atoms with van der Waals surface area (Å²) in [6.45, 7) is 2.09. The van der Waals surface area contributed by atoms with Crippen molar-refractivity contribution in [3.8, 4) is 0 Å². The van der Waals surface area contributed by atoms with E-state index in [0.717, 1.165) is 10.1 Å². The molecule has 1 aromatic heterocycles. The van der Waals surface area contributed by atoms with E-state index in [4.69, 9.17) is 27.9 Å². The van der Waals surface area contributed by atoms with Gasteiger partial charge in [0.2, 0.25) is 0 Å². The molecule has 144 valence electrons. The first-order valence-electron chi connectivity index (χ1n) is 8.69. The minimum atomic E-state index is -0.357. The number of nitrogens with zero attached hydrogens (tertiary/aromatic N) is 1. The van der Waals surface area contributed by atoms with Crippen LogP contribution in [-0.2, 0) is 4.74 Å². The first-order chi connectivity index (χ1) is 13.5. The average molecular weight is 435 g/mol. The lowest BCUT2D eigenvalue weighted by atomic mass is 10.1. The third-order valence-corrected chi connectivity index (χ3v) is 6.39. The number of benzene rings is 2. The number of morpholine rings is 1. The van der Waals surface area contributed by atoms with Crippen molar-refractivity contribution in [3.63, 3.8) is 0 Å². The zero-order chi connectivity index (χ0) is 19.7. The minimum absolute atomic E-state index is 0.131. The van der Waals surface area contributed by atoms with Gasteiger partial charge in [-0.2, -0.15) is 0 Å². The zero-order valence-corrected chi connectivity index (χ0v) is 17.0. The maximum Gasteiger partial charge on any atom is 0.267 e. The SMILES string of the molecule is O=C(Nc1ccccc1C(=O)N1CCOCC1)c1sc2cc(Cl)ccc2c1Cl. The van der Waals surface area contributed by atoms with Gasteiger partial charge in [0.25, 0.3) is 11.8 Å². The summed E-state index contributed by atoms with van der Waals surface area (Å²) in [5.41, 5.74) is 0.897. The Labute approximate surface area is 175 Å². The van der Waals surface area contributed by atoms with Gasteiger partial charge in [0.05, 0.1) is 29.5 Å². The van der Waals surface area contributed by atoms with Crippen LogP contribution in [0.1, 0.15) is 20.0 Å². The predicted molar refractivity (Wildman–Crippen MR) is 113 cm³/mol. The molecule has 0 atom stereocenters. The van der Waals surface area contributed by atoms with E-state index in [1.807, 2.05) is 0 Å². The van der Waals surface area contributed by atoms with Gasteiger partial charge in [-0.15, -0.1) is 11.3 Å². The van der Waals surface area contributed by atoms with E-state index in [-0.39, 0.29) is 11.8 Å². The molecule has 0 bridgehead atoms. The first kappa shape index (κ1) is 19.2. The van der Waals surface area contributed by atoms with Gasteiger partial charge < -0.3 is 15.0 Å². The molecule has 8 heteroatoms. The molecule has 28 heavy (non-hydrogen) atoms. The van der Waals surface area contributed by atoms with Crippen molar-refractivity contribution in [1.82, 2.24) is 4.90 Å². The summed E-state index contributed by atoms with van der Waals surface area (Å²) in [4.78, 5) is 27.8. The van der Waals surface area contributed by atoms with E-state index in [1.54, 1.807) is 47.4 Å². The summed E-state index contributed by atoms with van der Waals surface area (Å²) in [7, 11) is 0. The van der Waals surface area contributed by atoms with Crippen LogP contribution in [0.25, 0.3) is 10.1 Å². The number of nitrogens with one attached hydrogen (secondary N) is 1. The molecule has 0 spiro atoms. The highest BCUT2D eigenvalue weighted by molar-refractivity contribution is 7.21. The molecule has 1 aliphatic rings. The van der Waals surface area contributed by atoms with Gasteiger partial charge in [0.15, 0.2) is 0 Å². The van der Waals surface area contributed by atoms with E-state index in [2.05, 4.69) is 5.32 Å². The van der Waals surface area contributed by atoms with E-state index in [0.29, 0.717) is 52.5 Å². The van der Waals surface area contributed by atoms with Crippen molar-refractivity contribution in [1.29, 1.82) is 0 Å². The van der Waals surface area contributed by atoms with Gasteiger partial charge in [-0.25, -0.2) is 0 Å². The van der Waals surface area contributed by atoms with Crippen molar-refractivity contribution < 1.29 is 14.3 Å². The standard InChI is InChI=1S/C20H16Cl2N2O3S/c21-12-5-6-14-16(11-12)28-18(17(14)22)19(25)23-15-4-2-1-3-13(15)20(26)24-7-9-27-10-8-24/h1-6,11H,7-10H2,(H,23,25). The van der Waals surface area contributed by atoms with Gasteiger partial charge >= 0.3 is 0 Å². The molecule has 0 aliphatic carbocycles. The Balaban J connectivity index is 1.62. The Kier molecular flexibility index (Phi) is 5.55. The molecular formula is C20H16Cl2N2O3S. The molecule has 0 unspecified atom stereocenters. The fourth-order valence-corrected chi connectivity index (χ4v) is 4.77. The number of ether oxygens (including phenoxy) is 1. The molecule has 1 aliphatic heterocycles. The second-order valence-corrected chi connectivity index (χ2v) is 8.16. The zero-order valence-electron chi connectivity index (χ0n) is 14.7. The average Bonchev–Trinajstić information content (AvgIpc) is 3.04. The van der Waals surface area contributed by atoms with Crippen LogP contribution in [0.2, 0.25) is 10.0 Å². The smallest absolute Gasteiger partial charge is 0.267 e. The molecule has 4 rings (SSSR count). The van der Waals surface area contributed by atoms with Crippen molar-refractivity contribution in [3.05, 3.63) is 63.0 Å². The van der Waals surface area contributed by atoms with Crippen molar-refractivity contribution in [2.75, 3.05) is 31.6 Å². The Morgan fingerprint density at radius 3 is 2.61 bits per heavy atom. The van der Waals surface area contributed by atoms with Crippen LogP contribution < -0.4 is 5.32 Å². The van der Waals surface area contributed by atoms with Crippen LogP contribution in [0.3, 0.4) is 0 Å². The molecule has 2 heterocycles. The van der Waals surface area contributed by atoms with Gasteiger partial charge in [-0.1, -0.05) is 41.4 Å². The topological polar surface area (TPSA) is 58.6 Å². The second-order valence-electron chi connectivity index (χ2n) is 6.29. The summed E-state index contributed by atoms with van der Waals surface area (Å²) in [5, 5.41) is 4.58. The van der Waals surface area contributed by atoms with Crippen LogP contribution in [0.15, 0.2) is 42.5 Å². The summed E-state index contributed by atoms with van der Waals surface area (Å²) in [6, 6.07) is 12.3. The lowest BCUT2D eigenvalue weighted by molar-refractivity contribution is 0.0303. The number of hydrogen-bond donors (Lipinski definition) is 1.